The predicted octanol–water partition coefficient (Wildman–Crippen LogP) is 10.2. The number of benzene rings is 2. The minimum atomic E-state index is 0.939. The molecule has 1 aliphatic rings. The average Bonchev–Trinajstić information content (AvgIpc) is 3.24. The van der Waals surface area contributed by atoms with Crippen LogP contribution in [-0.4, -0.2) is 4.70 Å². The number of nitrogens with zero attached hydrogens (tertiary/aromatic N) is 2. The van der Waals surface area contributed by atoms with Gasteiger partial charge in [-0.05, 0) is 109 Å². The van der Waals surface area contributed by atoms with Gasteiger partial charge in [-0.1, -0.05) is 74.1 Å². The number of hydrogen-bond acceptors (Lipinski definition) is 0. The Morgan fingerprint density at radius 2 is 1.11 bits per heavy atom. The first kappa shape index (κ1) is 29.1. The molecule has 0 atom stereocenters. The van der Waals surface area contributed by atoms with Gasteiger partial charge in [-0.3, -0.25) is 0 Å². The molecule has 200 valence electrons. The fourth-order valence-corrected chi connectivity index (χ4v) is 6.14. The highest BCUT2D eigenvalue weighted by atomic mass is 15.2. The predicted molar refractivity (Wildman–Crippen MR) is 161 cm³/mol. The first-order valence-corrected chi connectivity index (χ1v) is 15.2. The summed E-state index contributed by atoms with van der Waals surface area (Å²) in [7, 11) is 0. The molecule has 2 aromatic carbocycles. The van der Waals surface area contributed by atoms with Crippen LogP contribution >= 0.6 is 0 Å². The maximum atomic E-state index is 11.8. The lowest BCUT2D eigenvalue weighted by Crippen LogP contribution is -2.08. The molecule has 0 spiro atoms. The van der Waals surface area contributed by atoms with Crippen LogP contribution < -0.4 is 0 Å². The summed E-state index contributed by atoms with van der Waals surface area (Å²) in [4.78, 5) is 0. The van der Waals surface area contributed by atoms with Gasteiger partial charge < -0.3 is 5.53 Å². The average molecular weight is 499 g/mol. The second-order valence-corrected chi connectivity index (χ2v) is 10.7. The fraction of sp³-hybridized carbons (Fsp3) is 0.543. The number of aryl methyl sites for hydroxylation is 4. The highest BCUT2D eigenvalue weighted by Gasteiger charge is 2.30. The summed E-state index contributed by atoms with van der Waals surface area (Å²) in [5.41, 5.74) is 26.1. The Bertz CT molecular complexity index is 1110. The molecule has 0 saturated carbocycles. The maximum absolute atomic E-state index is 11.8. The minimum Gasteiger partial charge on any atom is -0.493 e. The van der Waals surface area contributed by atoms with E-state index in [0.717, 1.165) is 93.2 Å². The summed E-state index contributed by atoms with van der Waals surface area (Å²) in [6.45, 7) is 15.8. The quantitative estimate of drug-likeness (QED) is 0.231. The molecule has 1 heterocycles. The Balaban J connectivity index is 2.16. The van der Waals surface area contributed by atoms with Crippen LogP contribution in [0, 0.1) is 0 Å². The van der Waals surface area contributed by atoms with Crippen LogP contribution in [0.5, 0.6) is 0 Å². The molecule has 0 fully saturated rings. The molecule has 0 amide bonds. The van der Waals surface area contributed by atoms with Crippen molar-refractivity contribution >= 4 is 11.4 Å². The van der Waals surface area contributed by atoms with Crippen molar-refractivity contribution in [1.29, 1.82) is 0 Å². The first-order chi connectivity index (χ1) is 18.0. The van der Waals surface area contributed by atoms with Crippen LogP contribution in [0.3, 0.4) is 0 Å². The van der Waals surface area contributed by atoms with Crippen LogP contribution in [-0.2, 0) is 38.5 Å². The van der Waals surface area contributed by atoms with Crippen molar-refractivity contribution in [2.75, 3.05) is 0 Å². The van der Waals surface area contributed by atoms with Gasteiger partial charge >= 0.3 is 0 Å². The van der Waals surface area contributed by atoms with Crippen molar-refractivity contribution in [3.63, 3.8) is 0 Å². The zero-order valence-corrected chi connectivity index (χ0v) is 24.8. The van der Waals surface area contributed by atoms with Crippen molar-refractivity contribution < 1.29 is 4.70 Å². The molecule has 0 saturated heterocycles. The topological polar surface area (TPSA) is 25.3 Å². The van der Waals surface area contributed by atoms with Gasteiger partial charge in [-0.25, -0.2) is 4.70 Å². The summed E-state index contributed by atoms with van der Waals surface area (Å²) < 4.78 is 1.52. The third-order valence-corrected chi connectivity index (χ3v) is 7.95. The van der Waals surface area contributed by atoms with E-state index in [4.69, 9.17) is 0 Å². The number of allylic oxidation sites excluding steroid dienone is 2. The summed E-state index contributed by atoms with van der Waals surface area (Å²) in [6, 6.07) is 9.43. The molecule has 2 aromatic rings. The largest absolute Gasteiger partial charge is 0.493 e. The molecule has 2 heteroatoms. The standard InChI is InChI=1S/C35H50N2/c1-8-15-19-29-24-34(30-22-27(16-9-2)33(18-11-4)28(23-30)17-10-3)37(36)35(29)31-20-25(12-5)32(14-7)26(13-6)21-31/h20-24H,8-19H2,1-7H3. The lowest BCUT2D eigenvalue weighted by Gasteiger charge is -2.18. The third kappa shape index (κ3) is 6.33. The first-order valence-electron chi connectivity index (χ1n) is 15.2. The highest BCUT2D eigenvalue weighted by Crippen LogP contribution is 2.40. The minimum absolute atomic E-state index is 0.939. The molecule has 0 N–H and O–H groups in total. The molecular formula is C35H50N2. The van der Waals surface area contributed by atoms with E-state index >= 15 is 0 Å². The molecular weight excluding hydrogens is 448 g/mol. The van der Waals surface area contributed by atoms with E-state index in [1.54, 1.807) is 5.56 Å². The fourth-order valence-electron chi connectivity index (χ4n) is 6.14. The van der Waals surface area contributed by atoms with Crippen molar-refractivity contribution in [1.82, 2.24) is 0 Å². The zero-order valence-electron chi connectivity index (χ0n) is 24.8. The molecule has 0 aromatic heterocycles. The van der Waals surface area contributed by atoms with Gasteiger partial charge in [-0.15, -0.1) is 0 Å². The molecule has 0 bridgehead atoms. The highest BCUT2D eigenvalue weighted by molar-refractivity contribution is 5.79. The van der Waals surface area contributed by atoms with E-state index in [-0.39, 0.29) is 0 Å². The van der Waals surface area contributed by atoms with Gasteiger partial charge in [0.05, 0.1) is 0 Å². The number of hydrogen-bond donors (Lipinski definition) is 0. The second kappa shape index (κ2) is 13.9. The molecule has 2 nitrogen and oxygen atoms in total. The lowest BCUT2D eigenvalue weighted by atomic mass is 9.89. The monoisotopic (exact) mass is 498 g/mol. The maximum Gasteiger partial charge on any atom is 0.210 e. The van der Waals surface area contributed by atoms with E-state index in [0.29, 0.717) is 0 Å². The van der Waals surface area contributed by atoms with Gasteiger partial charge in [0, 0.05) is 22.8 Å². The third-order valence-electron chi connectivity index (χ3n) is 7.95. The lowest BCUT2D eigenvalue weighted by molar-refractivity contribution is -0.344. The van der Waals surface area contributed by atoms with Crippen molar-refractivity contribution in [2.45, 2.75) is 126 Å². The van der Waals surface area contributed by atoms with Crippen LogP contribution in [0.1, 0.15) is 131 Å². The smallest absolute Gasteiger partial charge is 0.210 e. The Morgan fingerprint density at radius 3 is 1.57 bits per heavy atom. The Kier molecular flexibility index (Phi) is 10.9. The Labute approximate surface area is 227 Å². The van der Waals surface area contributed by atoms with Crippen LogP contribution in [0.25, 0.3) is 16.9 Å². The van der Waals surface area contributed by atoms with Gasteiger partial charge in [0.1, 0.15) is 0 Å². The summed E-state index contributed by atoms with van der Waals surface area (Å²) in [5, 5.41) is 0. The van der Waals surface area contributed by atoms with E-state index in [9.17, 15) is 5.53 Å². The molecule has 3 rings (SSSR count). The van der Waals surface area contributed by atoms with Gasteiger partial charge in [-0.2, -0.15) is 0 Å². The van der Waals surface area contributed by atoms with E-state index in [2.05, 4.69) is 78.8 Å². The summed E-state index contributed by atoms with van der Waals surface area (Å²) in [6.07, 6.45) is 15.4. The van der Waals surface area contributed by atoms with Crippen LogP contribution in [0.4, 0.5) is 0 Å². The van der Waals surface area contributed by atoms with Crippen LogP contribution in [0.15, 0.2) is 35.9 Å². The molecule has 37 heavy (non-hydrogen) atoms. The van der Waals surface area contributed by atoms with Gasteiger partial charge in [0.2, 0.25) is 11.4 Å². The van der Waals surface area contributed by atoms with Crippen molar-refractivity contribution in [3.8, 4) is 0 Å². The Morgan fingerprint density at radius 1 is 0.568 bits per heavy atom. The summed E-state index contributed by atoms with van der Waals surface area (Å²) in [5.74, 6) is 0. The van der Waals surface area contributed by atoms with E-state index < -0.39 is 0 Å². The van der Waals surface area contributed by atoms with Crippen molar-refractivity contribution in [3.05, 3.63) is 86.0 Å². The number of unbranched alkanes of at least 4 members (excludes halogenated alkanes) is 1. The molecule has 0 unspecified atom stereocenters. The molecule has 1 aliphatic heterocycles. The van der Waals surface area contributed by atoms with Gasteiger partial charge in [0.15, 0.2) is 0 Å². The molecule has 0 radical (unpaired) electrons. The molecule has 0 aliphatic carbocycles. The zero-order chi connectivity index (χ0) is 26.9. The van der Waals surface area contributed by atoms with E-state index in [1.165, 1.54) is 44.5 Å². The number of rotatable bonds is 14. The summed E-state index contributed by atoms with van der Waals surface area (Å²) >= 11 is 0. The van der Waals surface area contributed by atoms with Crippen molar-refractivity contribution in [2.24, 2.45) is 0 Å². The SMILES string of the molecule is CCCCC1=C(c2cc(CC)c(CC)c(CC)c2)[N+](=[N-])C(c2cc(CCC)c(CCC)c(CCC)c2)=C1. The van der Waals surface area contributed by atoms with E-state index in [1.807, 2.05) is 0 Å². The van der Waals surface area contributed by atoms with Gasteiger partial charge in [0.25, 0.3) is 0 Å². The van der Waals surface area contributed by atoms with Crippen LogP contribution in [0.2, 0.25) is 0 Å². The normalized spacial score (nSPS) is 13.6. The Hall–Kier alpha value is -2.48. The second-order valence-electron chi connectivity index (χ2n) is 10.7.